The van der Waals surface area contributed by atoms with Gasteiger partial charge in [0.1, 0.15) is 6.67 Å². The van der Waals surface area contributed by atoms with Crippen LogP contribution in [0.25, 0.3) is 0 Å². The quantitative estimate of drug-likeness (QED) is 0.258. The van der Waals surface area contributed by atoms with E-state index in [0.717, 1.165) is 0 Å². The molecule has 0 spiro atoms. The third kappa shape index (κ3) is 9.99. The molecular formula is C8H12BF4N2O5-. The number of halogens is 4. The molecule has 0 saturated carbocycles. The smallest absolute Gasteiger partial charge is 0.428 e. The largest absolute Gasteiger partial charge is 0.673 e. The first-order chi connectivity index (χ1) is 8.99. The lowest BCUT2D eigenvalue weighted by Crippen LogP contribution is -2.31. The first-order valence-electron chi connectivity index (χ1n) is 5.12. The van der Waals surface area contributed by atoms with Crippen molar-refractivity contribution in [1.29, 1.82) is 0 Å². The van der Waals surface area contributed by atoms with E-state index in [4.69, 9.17) is 5.11 Å². The van der Waals surface area contributed by atoms with Gasteiger partial charge >= 0.3 is 19.2 Å². The molecule has 1 aliphatic rings. The van der Waals surface area contributed by atoms with Gasteiger partial charge in [0.25, 0.3) is 0 Å². The second kappa shape index (κ2) is 7.57. The molecule has 12 heteroatoms. The van der Waals surface area contributed by atoms with Crippen LogP contribution in [0.2, 0.25) is 0 Å². The van der Waals surface area contributed by atoms with Crippen LogP contribution in [-0.4, -0.2) is 54.3 Å². The number of carbonyl (C=O) groups is 2. The molecule has 0 bridgehead atoms. The molecule has 1 heterocycles. The summed E-state index contributed by atoms with van der Waals surface area (Å²) in [5.41, 5.74) is 0. The van der Waals surface area contributed by atoms with Crippen LogP contribution >= 0.6 is 0 Å². The highest BCUT2D eigenvalue weighted by Gasteiger charge is 2.23. The molecule has 0 fully saturated rings. The van der Waals surface area contributed by atoms with Gasteiger partial charge in [-0.05, 0) is 6.92 Å². The maximum atomic E-state index is 11.0. The standard InChI is InChI=1S/C8H12N2O5.BF4/c1-6(11)14-7(12)8(13)15-10-4-3-9(2)5-10;2-1(3,4)5/h3-4,6,11H,5H2,1-2H3;/q;-1. The van der Waals surface area contributed by atoms with E-state index in [9.17, 15) is 26.9 Å². The van der Waals surface area contributed by atoms with Gasteiger partial charge in [0.2, 0.25) is 0 Å². The molecule has 0 aromatic rings. The van der Waals surface area contributed by atoms with Crippen molar-refractivity contribution in [2.24, 2.45) is 0 Å². The van der Waals surface area contributed by atoms with E-state index in [-0.39, 0.29) is 0 Å². The molecule has 0 saturated heterocycles. The zero-order valence-electron chi connectivity index (χ0n) is 10.5. The summed E-state index contributed by atoms with van der Waals surface area (Å²) in [6.45, 7) is 1.56. The van der Waals surface area contributed by atoms with Crippen LogP contribution in [0.15, 0.2) is 12.4 Å². The van der Waals surface area contributed by atoms with Crippen molar-refractivity contribution in [3.8, 4) is 0 Å². The molecule has 0 aromatic heterocycles. The van der Waals surface area contributed by atoms with E-state index in [0.29, 0.717) is 6.67 Å². The van der Waals surface area contributed by atoms with Gasteiger partial charge in [-0.3, -0.25) is 0 Å². The number of aliphatic hydroxyl groups excluding tert-OH is 1. The van der Waals surface area contributed by atoms with E-state index in [1.54, 1.807) is 18.1 Å². The van der Waals surface area contributed by atoms with E-state index in [2.05, 4.69) is 9.57 Å². The lowest BCUT2D eigenvalue weighted by atomic mass is 10.3. The molecule has 0 radical (unpaired) electrons. The predicted molar refractivity (Wildman–Crippen MR) is 57.7 cm³/mol. The zero-order valence-corrected chi connectivity index (χ0v) is 10.5. The number of esters is 1. The van der Waals surface area contributed by atoms with Crippen molar-refractivity contribution in [3.05, 3.63) is 12.4 Å². The summed E-state index contributed by atoms with van der Waals surface area (Å²) < 4.78 is 43.2. The first-order valence-corrected chi connectivity index (χ1v) is 5.12. The van der Waals surface area contributed by atoms with Crippen molar-refractivity contribution in [1.82, 2.24) is 9.96 Å². The molecule has 0 aromatic carbocycles. The highest BCUT2D eigenvalue weighted by atomic mass is 19.5. The summed E-state index contributed by atoms with van der Waals surface area (Å²) in [7, 11) is -4.22. The molecule has 1 rings (SSSR count). The Labute approximate surface area is 111 Å². The minimum absolute atomic E-state index is 0.341. The summed E-state index contributed by atoms with van der Waals surface area (Å²) >= 11 is 0. The van der Waals surface area contributed by atoms with Crippen molar-refractivity contribution < 1.29 is 41.5 Å². The Morgan fingerprint density at radius 1 is 1.25 bits per heavy atom. The molecule has 116 valence electrons. The van der Waals surface area contributed by atoms with Crippen molar-refractivity contribution in [2.75, 3.05) is 13.7 Å². The van der Waals surface area contributed by atoms with Gasteiger partial charge < -0.3 is 36.8 Å². The Morgan fingerprint density at radius 3 is 2.10 bits per heavy atom. The van der Waals surface area contributed by atoms with Gasteiger partial charge in [0, 0.05) is 13.2 Å². The third-order valence-corrected chi connectivity index (χ3v) is 1.49. The summed E-state index contributed by atoms with van der Waals surface area (Å²) in [5, 5.41) is 9.86. The minimum atomic E-state index is -6.00. The molecule has 0 amide bonds. The average Bonchev–Trinajstić information content (AvgIpc) is 2.60. The average molecular weight is 303 g/mol. The van der Waals surface area contributed by atoms with Crippen LogP contribution in [0.4, 0.5) is 17.3 Å². The second-order valence-corrected chi connectivity index (χ2v) is 3.49. The maximum Gasteiger partial charge on any atom is 0.673 e. The van der Waals surface area contributed by atoms with Gasteiger partial charge in [-0.1, -0.05) is 0 Å². The Balaban J connectivity index is 0.000000621. The first kappa shape index (κ1) is 18.0. The Morgan fingerprint density at radius 2 is 1.75 bits per heavy atom. The Bertz CT molecular complexity index is 370. The summed E-state index contributed by atoms with van der Waals surface area (Å²) in [4.78, 5) is 28.3. The predicted octanol–water partition coefficient (Wildman–Crippen LogP) is 0.302. The monoisotopic (exact) mass is 303 g/mol. The van der Waals surface area contributed by atoms with E-state index in [1.165, 1.54) is 18.2 Å². The topological polar surface area (TPSA) is 79.3 Å². The molecule has 1 N–H and O–H groups in total. The van der Waals surface area contributed by atoms with Crippen molar-refractivity contribution in [2.45, 2.75) is 13.2 Å². The highest BCUT2D eigenvalue weighted by molar-refractivity contribution is 6.50. The Hall–Kier alpha value is -1.98. The molecule has 1 atom stereocenters. The fourth-order valence-corrected chi connectivity index (χ4v) is 0.908. The van der Waals surface area contributed by atoms with Crippen LogP contribution in [0.5, 0.6) is 0 Å². The fraction of sp³-hybridized carbons (Fsp3) is 0.500. The normalized spacial score (nSPS) is 15.3. The number of carbonyl (C=O) groups excluding carboxylic acids is 2. The lowest BCUT2D eigenvalue weighted by Gasteiger charge is -2.16. The zero-order chi connectivity index (χ0) is 15.9. The van der Waals surface area contributed by atoms with Gasteiger partial charge in [-0.2, -0.15) is 5.06 Å². The molecule has 0 aliphatic carbocycles. The molecule has 1 aliphatic heterocycles. The van der Waals surface area contributed by atoms with Crippen LogP contribution in [0.1, 0.15) is 6.92 Å². The number of aliphatic hydroxyl groups is 1. The van der Waals surface area contributed by atoms with Crippen LogP contribution < -0.4 is 0 Å². The van der Waals surface area contributed by atoms with Crippen LogP contribution in [-0.2, 0) is 19.2 Å². The molecule has 7 nitrogen and oxygen atoms in total. The highest BCUT2D eigenvalue weighted by Crippen LogP contribution is 2.06. The van der Waals surface area contributed by atoms with Gasteiger partial charge in [-0.15, -0.1) is 0 Å². The molecule has 1 unspecified atom stereocenters. The van der Waals surface area contributed by atoms with E-state index in [1.807, 2.05) is 0 Å². The molecule has 20 heavy (non-hydrogen) atoms. The fourth-order valence-electron chi connectivity index (χ4n) is 0.908. The second-order valence-electron chi connectivity index (χ2n) is 3.49. The van der Waals surface area contributed by atoms with Gasteiger partial charge in [0.15, 0.2) is 6.29 Å². The summed E-state index contributed by atoms with van der Waals surface area (Å²) in [5.74, 6) is -2.40. The maximum absolute atomic E-state index is 11.0. The molecular weight excluding hydrogens is 291 g/mol. The van der Waals surface area contributed by atoms with Crippen molar-refractivity contribution >= 4 is 19.2 Å². The van der Waals surface area contributed by atoms with E-state index < -0.39 is 25.5 Å². The lowest BCUT2D eigenvalue weighted by molar-refractivity contribution is -0.200. The van der Waals surface area contributed by atoms with Crippen LogP contribution in [0.3, 0.4) is 0 Å². The van der Waals surface area contributed by atoms with Crippen molar-refractivity contribution in [3.63, 3.8) is 0 Å². The Kier molecular flexibility index (Phi) is 6.83. The summed E-state index contributed by atoms with van der Waals surface area (Å²) in [6.07, 6.45) is 1.84. The third-order valence-electron chi connectivity index (χ3n) is 1.49. The van der Waals surface area contributed by atoms with Gasteiger partial charge in [-0.25, -0.2) is 9.59 Å². The van der Waals surface area contributed by atoms with Gasteiger partial charge in [0.05, 0.1) is 6.20 Å². The van der Waals surface area contributed by atoms with E-state index >= 15 is 0 Å². The SMILES string of the molecule is CC(O)OC(=O)C(=O)ON1C=CN(C)C1.F[B-](F)(F)F. The number of hydroxylamine groups is 2. The number of ether oxygens (including phenoxy) is 1. The minimum Gasteiger partial charge on any atom is -0.428 e. The van der Waals surface area contributed by atoms with Crippen LogP contribution in [0, 0.1) is 0 Å². The summed E-state index contributed by atoms with van der Waals surface area (Å²) in [6, 6.07) is 0. The number of rotatable bonds is 2. The number of nitrogens with zero attached hydrogens (tertiary/aromatic N) is 2. The number of hydrogen-bond acceptors (Lipinski definition) is 7. The number of hydrogen-bond donors (Lipinski definition) is 1.